The maximum absolute atomic E-state index is 11.6. The Bertz CT molecular complexity index is 685. The summed E-state index contributed by atoms with van der Waals surface area (Å²) in [5, 5.41) is 2.38. The minimum absolute atomic E-state index is 0.163. The predicted octanol–water partition coefficient (Wildman–Crippen LogP) is 2.53. The highest BCUT2D eigenvalue weighted by Gasteiger charge is 2.04. The van der Waals surface area contributed by atoms with Gasteiger partial charge in [0.15, 0.2) is 0 Å². The number of nitrogens with one attached hydrogen (secondary N) is 1. The Morgan fingerprint density at radius 3 is 2.27 bits per heavy atom. The molecule has 110 valence electrons. The van der Waals surface area contributed by atoms with E-state index in [2.05, 4.69) is 17.2 Å². The second-order valence-corrected chi connectivity index (χ2v) is 4.45. The summed E-state index contributed by atoms with van der Waals surface area (Å²) in [6.45, 7) is -0.00991. The molecule has 0 aliphatic heterocycles. The molecule has 0 saturated heterocycles. The molecule has 4 nitrogen and oxygen atoms in total. The number of benzene rings is 2. The lowest BCUT2D eigenvalue weighted by Crippen LogP contribution is -2.29. The Labute approximate surface area is 129 Å². The third kappa shape index (κ3) is 5.51. The number of Topliss-reactive ketones (excluding diaryl/α,β-unsaturated/α-hetero) is 1. The largest absolute Gasteiger partial charge is 0.445 e. The van der Waals surface area contributed by atoms with Crippen LogP contribution in [0, 0.1) is 11.8 Å². The van der Waals surface area contributed by atoms with Crippen LogP contribution in [0.4, 0.5) is 4.79 Å². The van der Waals surface area contributed by atoms with Gasteiger partial charge >= 0.3 is 6.09 Å². The second kappa shape index (κ2) is 8.28. The van der Waals surface area contributed by atoms with Crippen LogP contribution in [0.25, 0.3) is 0 Å². The van der Waals surface area contributed by atoms with Crippen molar-refractivity contribution < 1.29 is 14.3 Å². The van der Waals surface area contributed by atoms with Crippen molar-refractivity contribution >= 4 is 11.9 Å². The van der Waals surface area contributed by atoms with Gasteiger partial charge in [0.1, 0.15) is 6.61 Å². The lowest BCUT2D eigenvalue weighted by atomic mass is 10.2. The third-order valence-corrected chi connectivity index (χ3v) is 2.73. The van der Waals surface area contributed by atoms with Crippen molar-refractivity contribution in [2.75, 3.05) is 6.54 Å². The number of amides is 1. The van der Waals surface area contributed by atoms with Crippen LogP contribution in [0.5, 0.6) is 0 Å². The van der Waals surface area contributed by atoms with Crippen LogP contribution in [0.1, 0.15) is 11.1 Å². The number of ether oxygens (including phenoxy) is 1. The average molecular weight is 293 g/mol. The topological polar surface area (TPSA) is 55.4 Å². The molecule has 1 amide bonds. The van der Waals surface area contributed by atoms with Gasteiger partial charge in [-0.2, -0.15) is 0 Å². The van der Waals surface area contributed by atoms with Gasteiger partial charge in [-0.15, -0.1) is 0 Å². The summed E-state index contributed by atoms with van der Waals surface area (Å²) in [5.41, 5.74) is 1.63. The molecule has 0 fully saturated rings. The van der Waals surface area contributed by atoms with Gasteiger partial charge in [-0.3, -0.25) is 4.79 Å². The van der Waals surface area contributed by atoms with Crippen LogP contribution in [-0.4, -0.2) is 18.4 Å². The normalized spacial score (nSPS) is 9.27. The molecule has 0 heterocycles. The van der Waals surface area contributed by atoms with Gasteiger partial charge in [0.25, 0.3) is 0 Å². The molecule has 2 aromatic rings. The first-order valence-corrected chi connectivity index (χ1v) is 6.78. The van der Waals surface area contributed by atoms with Crippen LogP contribution in [0.15, 0.2) is 60.7 Å². The van der Waals surface area contributed by atoms with Crippen molar-refractivity contribution in [1.29, 1.82) is 0 Å². The van der Waals surface area contributed by atoms with Crippen LogP contribution in [-0.2, 0) is 16.1 Å². The van der Waals surface area contributed by atoms with E-state index in [1.807, 2.05) is 60.7 Å². The molecule has 0 aliphatic rings. The Morgan fingerprint density at radius 2 is 1.59 bits per heavy atom. The van der Waals surface area contributed by atoms with E-state index in [0.717, 1.165) is 11.1 Å². The molecule has 0 radical (unpaired) electrons. The molecule has 2 rings (SSSR count). The zero-order valence-corrected chi connectivity index (χ0v) is 11.9. The smallest absolute Gasteiger partial charge is 0.407 e. The highest BCUT2D eigenvalue weighted by atomic mass is 16.5. The number of rotatable bonds is 4. The summed E-state index contributed by atoms with van der Waals surface area (Å²) in [5.74, 6) is 4.83. The SMILES string of the molecule is O=C(C#Cc1ccccc1)CNC(=O)OCc1ccccc1. The van der Waals surface area contributed by atoms with E-state index < -0.39 is 6.09 Å². The Morgan fingerprint density at radius 1 is 0.955 bits per heavy atom. The molecule has 0 spiro atoms. The van der Waals surface area contributed by atoms with E-state index in [1.54, 1.807) is 0 Å². The Kier molecular flexibility index (Phi) is 5.77. The van der Waals surface area contributed by atoms with Crippen molar-refractivity contribution in [3.8, 4) is 11.8 Å². The van der Waals surface area contributed by atoms with E-state index in [4.69, 9.17) is 4.74 Å². The van der Waals surface area contributed by atoms with Gasteiger partial charge in [-0.1, -0.05) is 54.5 Å². The van der Waals surface area contributed by atoms with E-state index in [1.165, 1.54) is 0 Å². The summed E-state index contributed by atoms with van der Waals surface area (Å²) in [6.07, 6.45) is -0.640. The molecular weight excluding hydrogens is 278 g/mol. The van der Waals surface area contributed by atoms with Crippen LogP contribution < -0.4 is 5.32 Å². The van der Waals surface area contributed by atoms with E-state index in [-0.39, 0.29) is 18.9 Å². The van der Waals surface area contributed by atoms with Gasteiger partial charge in [0, 0.05) is 5.56 Å². The first-order valence-electron chi connectivity index (χ1n) is 6.78. The molecule has 22 heavy (non-hydrogen) atoms. The fourth-order valence-electron chi connectivity index (χ4n) is 1.63. The monoisotopic (exact) mass is 293 g/mol. The standard InChI is InChI=1S/C18H15NO3/c20-17(12-11-15-7-3-1-4-8-15)13-19-18(21)22-14-16-9-5-2-6-10-16/h1-10H,13-14H2,(H,19,21). The lowest BCUT2D eigenvalue weighted by Gasteiger charge is -2.05. The van der Waals surface area contributed by atoms with Crippen molar-refractivity contribution in [3.63, 3.8) is 0 Å². The van der Waals surface area contributed by atoms with Gasteiger partial charge in [-0.05, 0) is 23.6 Å². The number of hydrogen-bond donors (Lipinski definition) is 1. The highest BCUT2D eigenvalue weighted by Crippen LogP contribution is 2.00. The predicted molar refractivity (Wildman–Crippen MR) is 83.0 cm³/mol. The molecule has 0 atom stereocenters. The van der Waals surface area contributed by atoms with Crippen molar-refractivity contribution in [2.24, 2.45) is 0 Å². The first-order chi connectivity index (χ1) is 10.7. The highest BCUT2D eigenvalue weighted by molar-refractivity contribution is 5.98. The van der Waals surface area contributed by atoms with Crippen molar-refractivity contribution in [1.82, 2.24) is 5.32 Å². The summed E-state index contributed by atoms with van der Waals surface area (Å²) >= 11 is 0. The molecule has 0 unspecified atom stereocenters. The average Bonchev–Trinajstić information content (AvgIpc) is 2.58. The summed E-state index contributed by atoms with van der Waals surface area (Å²) in [4.78, 5) is 23.0. The van der Waals surface area contributed by atoms with Gasteiger partial charge < -0.3 is 10.1 Å². The number of hydrogen-bond acceptors (Lipinski definition) is 3. The van der Waals surface area contributed by atoms with E-state index in [9.17, 15) is 9.59 Å². The van der Waals surface area contributed by atoms with Crippen LogP contribution in [0.3, 0.4) is 0 Å². The fraction of sp³-hybridized carbons (Fsp3) is 0.111. The Balaban J connectivity index is 1.72. The maximum atomic E-state index is 11.6. The molecule has 0 bridgehead atoms. The molecule has 0 aromatic heterocycles. The number of carbonyl (C=O) groups is 2. The van der Waals surface area contributed by atoms with Gasteiger partial charge in [-0.25, -0.2) is 4.79 Å². The number of carbonyl (C=O) groups excluding carboxylic acids is 2. The van der Waals surface area contributed by atoms with Crippen molar-refractivity contribution in [2.45, 2.75) is 6.61 Å². The molecule has 1 N–H and O–H groups in total. The number of ketones is 1. The quantitative estimate of drug-likeness (QED) is 0.881. The molecular formula is C18H15NO3. The lowest BCUT2D eigenvalue weighted by molar-refractivity contribution is -0.113. The van der Waals surface area contributed by atoms with E-state index >= 15 is 0 Å². The third-order valence-electron chi connectivity index (χ3n) is 2.73. The minimum atomic E-state index is -0.640. The first kappa shape index (κ1) is 15.3. The number of alkyl carbamates (subject to hydrolysis) is 1. The molecule has 2 aromatic carbocycles. The summed E-state index contributed by atoms with van der Waals surface area (Å²) < 4.78 is 4.99. The van der Waals surface area contributed by atoms with Gasteiger partial charge in [0.05, 0.1) is 6.54 Å². The summed E-state index contributed by atoms with van der Waals surface area (Å²) in [6, 6.07) is 18.5. The van der Waals surface area contributed by atoms with Gasteiger partial charge in [0.2, 0.25) is 5.78 Å². The molecule has 4 heteroatoms. The molecule has 0 saturated carbocycles. The maximum Gasteiger partial charge on any atom is 0.407 e. The zero-order valence-electron chi connectivity index (χ0n) is 11.9. The van der Waals surface area contributed by atoms with Crippen LogP contribution >= 0.6 is 0 Å². The zero-order chi connectivity index (χ0) is 15.6. The minimum Gasteiger partial charge on any atom is -0.445 e. The van der Waals surface area contributed by atoms with E-state index in [0.29, 0.717) is 0 Å². The Hall–Kier alpha value is -3.06. The van der Waals surface area contributed by atoms with Crippen molar-refractivity contribution in [3.05, 3.63) is 71.8 Å². The fourth-order valence-corrected chi connectivity index (χ4v) is 1.63. The summed E-state index contributed by atoms with van der Waals surface area (Å²) in [7, 11) is 0. The second-order valence-electron chi connectivity index (χ2n) is 4.45. The molecule has 0 aliphatic carbocycles. The van der Waals surface area contributed by atoms with Crippen LogP contribution in [0.2, 0.25) is 0 Å².